The topological polar surface area (TPSA) is 47.9 Å². The van der Waals surface area contributed by atoms with Crippen molar-refractivity contribution in [3.05, 3.63) is 71.8 Å². The molecule has 0 bridgehead atoms. The van der Waals surface area contributed by atoms with Crippen molar-refractivity contribution in [2.24, 2.45) is 5.41 Å². The fourth-order valence-electron chi connectivity index (χ4n) is 2.99. The molecule has 0 radical (unpaired) electrons. The first-order valence-corrected chi connectivity index (χ1v) is 10.1. The minimum absolute atomic E-state index is 0.0320. The molecule has 0 aliphatic carbocycles. The van der Waals surface area contributed by atoms with Crippen LogP contribution in [0.15, 0.2) is 60.7 Å². The standard InChI is InChI=1S/C13H20O2.C12H18O2/c1-12(2,3)10-13(4,15-14)11-8-6-5-7-9-11;1-10(13-14-12(2,3)4)11-8-6-5-7-9-11/h5-9,14H,10H2,1-4H3;5-10H,1-4H3. The van der Waals surface area contributed by atoms with Gasteiger partial charge < -0.3 is 0 Å². The second kappa shape index (κ2) is 10.9. The van der Waals surface area contributed by atoms with Gasteiger partial charge >= 0.3 is 0 Å². The van der Waals surface area contributed by atoms with Crippen molar-refractivity contribution in [2.45, 2.75) is 79.1 Å². The highest BCUT2D eigenvalue weighted by Crippen LogP contribution is 2.36. The molecule has 2 aromatic rings. The lowest BCUT2D eigenvalue weighted by molar-refractivity contribution is -0.372. The first-order valence-electron chi connectivity index (χ1n) is 10.1. The Morgan fingerprint density at radius 2 is 1.28 bits per heavy atom. The summed E-state index contributed by atoms with van der Waals surface area (Å²) >= 11 is 0. The third-order valence-corrected chi connectivity index (χ3v) is 4.17. The summed E-state index contributed by atoms with van der Waals surface area (Å²) in [6.45, 7) is 16.2. The van der Waals surface area contributed by atoms with Gasteiger partial charge in [-0.15, -0.1) is 0 Å². The fourth-order valence-corrected chi connectivity index (χ4v) is 2.99. The van der Waals surface area contributed by atoms with E-state index < -0.39 is 5.60 Å². The molecule has 0 saturated heterocycles. The number of rotatable bonds is 6. The molecule has 162 valence electrons. The lowest BCUT2D eigenvalue weighted by Gasteiger charge is -2.33. The molecule has 2 unspecified atom stereocenters. The minimum Gasteiger partial charge on any atom is -0.251 e. The van der Waals surface area contributed by atoms with E-state index in [0.29, 0.717) is 0 Å². The Bertz CT molecular complexity index is 686. The Morgan fingerprint density at radius 3 is 1.69 bits per heavy atom. The molecule has 4 heteroatoms. The maximum Gasteiger partial charge on any atom is 0.126 e. The average Bonchev–Trinajstić information content (AvgIpc) is 2.66. The Kier molecular flexibility index (Phi) is 9.50. The third kappa shape index (κ3) is 10.0. The van der Waals surface area contributed by atoms with Crippen LogP contribution >= 0.6 is 0 Å². The van der Waals surface area contributed by atoms with Crippen molar-refractivity contribution < 1.29 is 19.9 Å². The van der Waals surface area contributed by atoms with Crippen LogP contribution in [-0.4, -0.2) is 10.9 Å². The molecular weight excluding hydrogens is 364 g/mol. The SMILES string of the molecule is CC(C)(C)CC(C)(OO)c1ccccc1.CC(OOC(C)(C)C)c1ccccc1. The van der Waals surface area contributed by atoms with Crippen LogP contribution in [0, 0.1) is 5.41 Å². The van der Waals surface area contributed by atoms with Gasteiger partial charge in [0.25, 0.3) is 0 Å². The molecule has 4 nitrogen and oxygen atoms in total. The normalized spacial score (nSPS) is 15.1. The second-order valence-corrected chi connectivity index (χ2v) is 9.77. The highest BCUT2D eigenvalue weighted by molar-refractivity contribution is 5.22. The molecular formula is C25H38O4. The van der Waals surface area contributed by atoms with Crippen molar-refractivity contribution in [2.75, 3.05) is 0 Å². The van der Waals surface area contributed by atoms with E-state index >= 15 is 0 Å². The molecule has 1 N–H and O–H groups in total. The van der Waals surface area contributed by atoms with E-state index in [1.807, 2.05) is 95.3 Å². The third-order valence-electron chi connectivity index (χ3n) is 4.17. The van der Waals surface area contributed by atoms with Gasteiger partial charge in [-0.2, -0.15) is 0 Å². The van der Waals surface area contributed by atoms with Gasteiger partial charge in [-0.25, -0.2) is 14.7 Å². The quantitative estimate of drug-likeness (QED) is 0.406. The zero-order valence-corrected chi connectivity index (χ0v) is 19.2. The molecule has 0 spiro atoms. The van der Waals surface area contributed by atoms with E-state index in [-0.39, 0.29) is 17.1 Å². The molecule has 0 aliphatic heterocycles. The van der Waals surface area contributed by atoms with Gasteiger partial charge in [-0.1, -0.05) is 81.4 Å². The number of benzene rings is 2. The minimum atomic E-state index is -0.625. The van der Waals surface area contributed by atoms with E-state index in [4.69, 9.17) is 19.9 Å². The summed E-state index contributed by atoms with van der Waals surface area (Å²) in [5.41, 5.74) is 1.34. The molecule has 2 atom stereocenters. The molecule has 0 aromatic heterocycles. The first-order chi connectivity index (χ1) is 13.4. The predicted octanol–water partition coefficient (Wildman–Crippen LogP) is 7.32. The van der Waals surface area contributed by atoms with Gasteiger partial charge in [0.15, 0.2) is 0 Å². The molecule has 0 saturated carbocycles. The summed E-state index contributed by atoms with van der Waals surface area (Å²) in [4.78, 5) is 15.2. The van der Waals surface area contributed by atoms with Crippen LogP contribution in [0.5, 0.6) is 0 Å². The zero-order chi connectivity index (χ0) is 22.1. The second-order valence-electron chi connectivity index (χ2n) is 9.77. The van der Waals surface area contributed by atoms with Crippen LogP contribution in [0.2, 0.25) is 0 Å². The monoisotopic (exact) mass is 402 g/mol. The largest absolute Gasteiger partial charge is 0.251 e. The Balaban J connectivity index is 0.000000291. The van der Waals surface area contributed by atoms with Crippen LogP contribution in [0.4, 0.5) is 0 Å². The van der Waals surface area contributed by atoms with Gasteiger partial charge in [0.05, 0.1) is 5.60 Å². The van der Waals surface area contributed by atoms with Crippen LogP contribution < -0.4 is 0 Å². The van der Waals surface area contributed by atoms with Crippen molar-refractivity contribution in [1.29, 1.82) is 0 Å². The summed E-state index contributed by atoms with van der Waals surface area (Å²) in [5.74, 6) is 0. The molecule has 2 rings (SSSR count). The molecule has 0 fully saturated rings. The summed E-state index contributed by atoms with van der Waals surface area (Å²) in [5, 5.41) is 9.10. The Morgan fingerprint density at radius 1 is 0.793 bits per heavy atom. The fraction of sp³-hybridized carbons (Fsp3) is 0.520. The molecule has 29 heavy (non-hydrogen) atoms. The highest BCUT2D eigenvalue weighted by atomic mass is 17.2. The predicted molar refractivity (Wildman–Crippen MR) is 118 cm³/mol. The molecule has 2 aromatic carbocycles. The lowest BCUT2D eigenvalue weighted by Crippen LogP contribution is -2.30. The molecule has 0 amide bonds. The first kappa shape index (κ1) is 25.3. The highest BCUT2D eigenvalue weighted by Gasteiger charge is 2.33. The van der Waals surface area contributed by atoms with Gasteiger partial charge in [-0.05, 0) is 57.6 Å². The van der Waals surface area contributed by atoms with Gasteiger partial charge in [0, 0.05) is 0 Å². The van der Waals surface area contributed by atoms with E-state index in [2.05, 4.69) is 20.8 Å². The van der Waals surface area contributed by atoms with Gasteiger partial charge in [-0.3, -0.25) is 5.26 Å². The van der Waals surface area contributed by atoms with Crippen LogP contribution in [0.1, 0.15) is 79.0 Å². The van der Waals surface area contributed by atoms with E-state index in [1.165, 1.54) is 0 Å². The van der Waals surface area contributed by atoms with E-state index in [9.17, 15) is 0 Å². The zero-order valence-electron chi connectivity index (χ0n) is 19.2. The van der Waals surface area contributed by atoms with Crippen LogP contribution in [-0.2, 0) is 20.3 Å². The lowest BCUT2D eigenvalue weighted by atomic mass is 9.79. The summed E-state index contributed by atoms with van der Waals surface area (Å²) < 4.78 is 0. The van der Waals surface area contributed by atoms with Crippen molar-refractivity contribution >= 4 is 0 Å². The van der Waals surface area contributed by atoms with Gasteiger partial charge in [0.1, 0.15) is 11.7 Å². The Hall–Kier alpha value is -1.72. The van der Waals surface area contributed by atoms with Crippen molar-refractivity contribution in [3.63, 3.8) is 0 Å². The van der Waals surface area contributed by atoms with E-state index in [0.717, 1.165) is 17.5 Å². The maximum atomic E-state index is 9.10. The van der Waals surface area contributed by atoms with Crippen molar-refractivity contribution in [1.82, 2.24) is 0 Å². The molecule has 0 aliphatic rings. The van der Waals surface area contributed by atoms with Crippen LogP contribution in [0.25, 0.3) is 0 Å². The van der Waals surface area contributed by atoms with E-state index in [1.54, 1.807) is 0 Å². The summed E-state index contributed by atoms with van der Waals surface area (Å²) in [7, 11) is 0. The average molecular weight is 403 g/mol. The number of hydrogen-bond acceptors (Lipinski definition) is 4. The number of hydrogen-bond donors (Lipinski definition) is 1. The molecule has 0 heterocycles. The maximum absolute atomic E-state index is 9.10. The smallest absolute Gasteiger partial charge is 0.126 e. The van der Waals surface area contributed by atoms with Gasteiger partial charge in [0.2, 0.25) is 0 Å². The summed E-state index contributed by atoms with van der Waals surface area (Å²) in [6.07, 6.45) is 0.732. The summed E-state index contributed by atoms with van der Waals surface area (Å²) in [6, 6.07) is 19.8. The van der Waals surface area contributed by atoms with Crippen molar-refractivity contribution in [3.8, 4) is 0 Å². The van der Waals surface area contributed by atoms with Crippen LogP contribution in [0.3, 0.4) is 0 Å². The Labute approximate surface area is 176 Å².